The standard InChI is InChI=1S/C10H14O4/c11-5-1-3-10-4-2-7(6-10)14-8(10)9(12)13/h2,4,7-8,11H,1,3,5-6H2,(H,12,13). The summed E-state index contributed by atoms with van der Waals surface area (Å²) in [7, 11) is 0. The van der Waals surface area contributed by atoms with Gasteiger partial charge in [0.25, 0.3) is 0 Å². The first-order valence-corrected chi connectivity index (χ1v) is 4.86. The second-order valence-electron chi connectivity index (χ2n) is 4.02. The van der Waals surface area contributed by atoms with Crippen LogP contribution >= 0.6 is 0 Å². The fraction of sp³-hybridized carbons (Fsp3) is 0.700. The summed E-state index contributed by atoms with van der Waals surface area (Å²) in [6.45, 7) is 0.104. The monoisotopic (exact) mass is 198 g/mol. The van der Waals surface area contributed by atoms with Crippen molar-refractivity contribution in [1.82, 2.24) is 0 Å². The molecule has 0 saturated carbocycles. The minimum Gasteiger partial charge on any atom is -0.479 e. The van der Waals surface area contributed by atoms with E-state index in [1.54, 1.807) is 0 Å². The summed E-state index contributed by atoms with van der Waals surface area (Å²) < 4.78 is 5.35. The average molecular weight is 198 g/mol. The number of carboxylic acid groups (broad SMARTS) is 1. The van der Waals surface area contributed by atoms with E-state index in [9.17, 15) is 4.79 Å². The highest BCUT2D eigenvalue weighted by molar-refractivity contribution is 5.75. The summed E-state index contributed by atoms with van der Waals surface area (Å²) in [5.41, 5.74) is -0.362. The summed E-state index contributed by atoms with van der Waals surface area (Å²) >= 11 is 0. The van der Waals surface area contributed by atoms with Gasteiger partial charge in [0.05, 0.1) is 6.10 Å². The molecule has 0 spiro atoms. The van der Waals surface area contributed by atoms with Crippen molar-refractivity contribution in [2.75, 3.05) is 6.61 Å². The largest absolute Gasteiger partial charge is 0.479 e. The summed E-state index contributed by atoms with van der Waals surface area (Å²) in [6.07, 6.45) is 5.20. The predicted molar refractivity (Wildman–Crippen MR) is 48.8 cm³/mol. The Bertz CT molecular complexity index is 273. The van der Waals surface area contributed by atoms with E-state index >= 15 is 0 Å². The van der Waals surface area contributed by atoms with E-state index in [0.717, 1.165) is 6.42 Å². The van der Waals surface area contributed by atoms with Crippen molar-refractivity contribution in [2.45, 2.75) is 31.5 Å². The number of carboxylic acids is 1. The fourth-order valence-corrected chi connectivity index (χ4v) is 2.44. The van der Waals surface area contributed by atoms with Crippen LogP contribution in [0.3, 0.4) is 0 Å². The van der Waals surface area contributed by atoms with Crippen LogP contribution < -0.4 is 0 Å². The van der Waals surface area contributed by atoms with Crippen molar-refractivity contribution < 1.29 is 19.7 Å². The molecule has 1 saturated heterocycles. The smallest absolute Gasteiger partial charge is 0.333 e. The molecule has 0 radical (unpaired) electrons. The summed E-state index contributed by atoms with van der Waals surface area (Å²) in [6, 6.07) is 0. The Kier molecular flexibility index (Phi) is 2.33. The molecule has 1 aliphatic heterocycles. The first kappa shape index (κ1) is 9.68. The van der Waals surface area contributed by atoms with E-state index in [1.165, 1.54) is 0 Å². The molecule has 0 aromatic heterocycles. The van der Waals surface area contributed by atoms with Crippen LogP contribution in [0.25, 0.3) is 0 Å². The van der Waals surface area contributed by atoms with Gasteiger partial charge in [0.2, 0.25) is 0 Å². The van der Waals surface area contributed by atoms with Gasteiger partial charge in [-0.2, -0.15) is 0 Å². The molecule has 3 atom stereocenters. The third-order valence-corrected chi connectivity index (χ3v) is 3.08. The van der Waals surface area contributed by atoms with Gasteiger partial charge in [-0.15, -0.1) is 0 Å². The van der Waals surface area contributed by atoms with E-state index in [4.69, 9.17) is 14.9 Å². The van der Waals surface area contributed by atoms with Crippen LogP contribution in [-0.4, -0.2) is 35.0 Å². The van der Waals surface area contributed by atoms with Crippen molar-refractivity contribution in [3.8, 4) is 0 Å². The topological polar surface area (TPSA) is 66.8 Å². The maximum atomic E-state index is 10.9. The third kappa shape index (κ3) is 1.35. The van der Waals surface area contributed by atoms with Crippen molar-refractivity contribution in [3.63, 3.8) is 0 Å². The van der Waals surface area contributed by atoms with Gasteiger partial charge in [0, 0.05) is 12.0 Å². The molecule has 0 aromatic rings. The number of aliphatic hydroxyl groups excluding tert-OH is 1. The molecule has 4 nitrogen and oxygen atoms in total. The van der Waals surface area contributed by atoms with E-state index in [2.05, 4.69) is 0 Å². The lowest BCUT2D eigenvalue weighted by Gasteiger charge is -2.27. The van der Waals surface area contributed by atoms with Gasteiger partial charge in [-0.25, -0.2) is 4.79 Å². The average Bonchev–Trinajstić information content (AvgIpc) is 2.71. The molecule has 3 unspecified atom stereocenters. The van der Waals surface area contributed by atoms with Gasteiger partial charge >= 0.3 is 5.97 Å². The van der Waals surface area contributed by atoms with Crippen LogP contribution in [0.15, 0.2) is 12.2 Å². The highest BCUT2D eigenvalue weighted by Crippen LogP contribution is 2.48. The molecule has 1 fully saturated rings. The Hall–Kier alpha value is -0.870. The van der Waals surface area contributed by atoms with Gasteiger partial charge in [0.15, 0.2) is 6.10 Å². The van der Waals surface area contributed by atoms with Gasteiger partial charge in [0.1, 0.15) is 0 Å². The Labute approximate surface area is 82.2 Å². The summed E-state index contributed by atoms with van der Waals surface area (Å²) in [4.78, 5) is 10.9. The van der Waals surface area contributed by atoms with E-state index in [0.29, 0.717) is 12.8 Å². The molecule has 78 valence electrons. The van der Waals surface area contributed by atoms with Gasteiger partial charge in [-0.1, -0.05) is 12.2 Å². The Balaban J connectivity index is 2.13. The van der Waals surface area contributed by atoms with Crippen molar-refractivity contribution >= 4 is 5.97 Å². The van der Waals surface area contributed by atoms with Gasteiger partial charge in [-0.3, -0.25) is 0 Å². The number of rotatable bonds is 4. The zero-order valence-electron chi connectivity index (χ0n) is 7.85. The summed E-state index contributed by atoms with van der Waals surface area (Å²) in [5.74, 6) is -0.894. The SMILES string of the molecule is O=C(O)C1OC2C=CC1(CCCO)C2. The van der Waals surface area contributed by atoms with Crippen molar-refractivity contribution in [2.24, 2.45) is 5.41 Å². The number of hydrogen-bond donors (Lipinski definition) is 2. The van der Waals surface area contributed by atoms with E-state index in [-0.39, 0.29) is 18.1 Å². The number of ether oxygens (including phenoxy) is 1. The molecule has 2 N–H and O–H groups in total. The molecule has 0 amide bonds. The number of fused-ring (bicyclic) bond motifs is 2. The molecule has 2 bridgehead atoms. The first-order chi connectivity index (χ1) is 6.68. The Morgan fingerprint density at radius 1 is 1.64 bits per heavy atom. The lowest BCUT2D eigenvalue weighted by molar-refractivity contribution is -0.153. The molecule has 2 aliphatic rings. The van der Waals surface area contributed by atoms with Crippen LogP contribution in [0.5, 0.6) is 0 Å². The third-order valence-electron chi connectivity index (χ3n) is 3.08. The maximum absolute atomic E-state index is 10.9. The van der Waals surface area contributed by atoms with Crippen LogP contribution in [0.2, 0.25) is 0 Å². The number of hydrogen-bond acceptors (Lipinski definition) is 3. The number of carbonyl (C=O) groups is 1. The van der Waals surface area contributed by atoms with Gasteiger partial charge in [-0.05, 0) is 19.3 Å². The quantitative estimate of drug-likeness (QED) is 0.648. The van der Waals surface area contributed by atoms with Crippen molar-refractivity contribution in [3.05, 3.63) is 12.2 Å². The molecule has 2 rings (SSSR count). The Morgan fingerprint density at radius 3 is 3.00 bits per heavy atom. The fourth-order valence-electron chi connectivity index (χ4n) is 2.44. The van der Waals surface area contributed by atoms with Crippen LogP contribution in [0, 0.1) is 5.41 Å². The molecule has 4 heteroatoms. The highest BCUT2D eigenvalue weighted by Gasteiger charge is 2.52. The van der Waals surface area contributed by atoms with Gasteiger partial charge < -0.3 is 14.9 Å². The molecule has 0 aromatic carbocycles. The lowest BCUT2D eigenvalue weighted by atomic mass is 9.79. The molecular weight excluding hydrogens is 184 g/mol. The molecule has 1 heterocycles. The lowest BCUT2D eigenvalue weighted by Crippen LogP contribution is -2.36. The maximum Gasteiger partial charge on any atom is 0.333 e. The van der Waals surface area contributed by atoms with Crippen LogP contribution in [-0.2, 0) is 9.53 Å². The molecule has 1 aliphatic carbocycles. The second kappa shape index (κ2) is 3.37. The zero-order valence-corrected chi connectivity index (χ0v) is 7.85. The molecule has 14 heavy (non-hydrogen) atoms. The minimum absolute atomic E-state index is 0.0326. The zero-order chi connectivity index (χ0) is 10.2. The first-order valence-electron chi connectivity index (χ1n) is 4.86. The normalized spacial score (nSPS) is 39.2. The number of aliphatic hydroxyl groups is 1. The van der Waals surface area contributed by atoms with E-state index in [1.807, 2.05) is 12.2 Å². The van der Waals surface area contributed by atoms with Crippen LogP contribution in [0.4, 0.5) is 0 Å². The summed E-state index contributed by atoms with van der Waals surface area (Å²) in [5, 5.41) is 17.7. The Morgan fingerprint density at radius 2 is 2.43 bits per heavy atom. The predicted octanol–water partition coefficient (Wildman–Crippen LogP) is 0.557. The second-order valence-corrected chi connectivity index (χ2v) is 4.02. The minimum atomic E-state index is -0.894. The van der Waals surface area contributed by atoms with E-state index < -0.39 is 12.1 Å². The number of aliphatic carboxylic acids is 1. The highest BCUT2D eigenvalue weighted by atomic mass is 16.5. The van der Waals surface area contributed by atoms with Crippen molar-refractivity contribution in [1.29, 1.82) is 0 Å². The van der Waals surface area contributed by atoms with Crippen LogP contribution in [0.1, 0.15) is 19.3 Å². The molecular formula is C10H14O4.